The summed E-state index contributed by atoms with van der Waals surface area (Å²) in [5, 5.41) is 10.3. The van der Waals surface area contributed by atoms with E-state index in [2.05, 4.69) is 4.74 Å². The first kappa shape index (κ1) is 15.6. The van der Waals surface area contributed by atoms with Crippen LogP contribution in [0.5, 0.6) is 5.75 Å². The standard InChI is InChI=1S/C18H15NO5/c1-23-15(20)11-24-17-13-9-5-6-10-14(13)19(16(17)18(21)22)12-7-3-2-4-8-12/h2-10H,11H2,1H3,(H,21,22). The molecule has 122 valence electrons. The van der Waals surface area contributed by atoms with Crippen LogP contribution >= 0.6 is 0 Å². The van der Waals surface area contributed by atoms with Crippen LogP contribution < -0.4 is 4.74 Å². The molecule has 0 aliphatic heterocycles. The highest BCUT2D eigenvalue weighted by atomic mass is 16.6. The number of hydrogen-bond acceptors (Lipinski definition) is 4. The van der Waals surface area contributed by atoms with E-state index in [0.717, 1.165) is 0 Å². The molecule has 3 rings (SSSR count). The van der Waals surface area contributed by atoms with Gasteiger partial charge in [0.2, 0.25) is 0 Å². The average Bonchev–Trinajstić information content (AvgIpc) is 2.95. The Bertz CT molecular complexity index is 898. The minimum Gasteiger partial charge on any atom is -0.479 e. The van der Waals surface area contributed by atoms with Crippen molar-refractivity contribution in [3.63, 3.8) is 0 Å². The maximum absolute atomic E-state index is 11.9. The van der Waals surface area contributed by atoms with Gasteiger partial charge in [0.15, 0.2) is 18.1 Å². The Morgan fingerprint density at radius 3 is 2.38 bits per heavy atom. The molecule has 0 radical (unpaired) electrons. The van der Waals surface area contributed by atoms with E-state index in [1.807, 2.05) is 36.4 Å². The van der Waals surface area contributed by atoms with Gasteiger partial charge in [0.25, 0.3) is 0 Å². The normalized spacial score (nSPS) is 10.5. The molecule has 3 aromatic rings. The monoisotopic (exact) mass is 325 g/mol. The number of carboxylic acid groups (broad SMARTS) is 1. The number of methoxy groups -OCH3 is 1. The summed E-state index contributed by atoms with van der Waals surface area (Å²) in [4.78, 5) is 23.3. The van der Waals surface area contributed by atoms with E-state index in [4.69, 9.17) is 4.74 Å². The smallest absolute Gasteiger partial charge is 0.356 e. The summed E-state index contributed by atoms with van der Waals surface area (Å²) in [6, 6.07) is 16.3. The van der Waals surface area contributed by atoms with Gasteiger partial charge in [-0.05, 0) is 24.3 Å². The molecule has 0 spiro atoms. The number of aromatic carboxylic acids is 1. The highest BCUT2D eigenvalue weighted by Gasteiger charge is 2.25. The zero-order chi connectivity index (χ0) is 17.1. The highest BCUT2D eigenvalue weighted by molar-refractivity contribution is 6.02. The fourth-order valence-electron chi connectivity index (χ4n) is 2.58. The number of carbonyl (C=O) groups is 2. The predicted octanol–water partition coefficient (Wildman–Crippen LogP) is 2.88. The first-order valence-corrected chi connectivity index (χ1v) is 7.25. The van der Waals surface area contributed by atoms with Gasteiger partial charge in [-0.3, -0.25) is 0 Å². The molecule has 0 fully saturated rings. The second-order valence-electron chi connectivity index (χ2n) is 5.04. The van der Waals surface area contributed by atoms with Crippen LogP contribution in [0.4, 0.5) is 0 Å². The van der Waals surface area contributed by atoms with Gasteiger partial charge < -0.3 is 19.1 Å². The molecule has 0 bridgehead atoms. The van der Waals surface area contributed by atoms with Gasteiger partial charge >= 0.3 is 11.9 Å². The van der Waals surface area contributed by atoms with E-state index in [0.29, 0.717) is 16.6 Å². The van der Waals surface area contributed by atoms with Crippen LogP contribution in [0.15, 0.2) is 54.6 Å². The van der Waals surface area contributed by atoms with Crippen molar-refractivity contribution < 1.29 is 24.2 Å². The number of carboxylic acids is 1. The van der Waals surface area contributed by atoms with Crippen molar-refractivity contribution in [3.8, 4) is 11.4 Å². The van der Waals surface area contributed by atoms with Crippen LogP contribution in [0.1, 0.15) is 10.5 Å². The molecule has 1 aromatic heterocycles. The first-order chi connectivity index (χ1) is 11.6. The van der Waals surface area contributed by atoms with E-state index >= 15 is 0 Å². The second kappa shape index (κ2) is 6.45. The average molecular weight is 325 g/mol. The van der Waals surface area contributed by atoms with Crippen LogP contribution in [0.2, 0.25) is 0 Å². The summed E-state index contributed by atoms with van der Waals surface area (Å²) in [6.07, 6.45) is 0. The van der Waals surface area contributed by atoms with E-state index in [9.17, 15) is 14.7 Å². The van der Waals surface area contributed by atoms with E-state index < -0.39 is 11.9 Å². The summed E-state index contributed by atoms with van der Waals surface area (Å²) in [5.74, 6) is -1.58. The third kappa shape index (κ3) is 2.69. The second-order valence-corrected chi connectivity index (χ2v) is 5.04. The molecule has 6 nitrogen and oxygen atoms in total. The number of para-hydroxylation sites is 2. The van der Waals surface area contributed by atoms with Gasteiger partial charge in [0.05, 0.1) is 12.6 Å². The van der Waals surface area contributed by atoms with E-state index in [-0.39, 0.29) is 18.1 Å². The summed E-state index contributed by atoms with van der Waals surface area (Å²) >= 11 is 0. The number of carbonyl (C=O) groups excluding carboxylic acids is 1. The Morgan fingerprint density at radius 1 is 1.04 bits per heavy atom. The Morgan fingerprint density at radius 2 is 1.71 bits per heavy atom. The van der Waals surface area contributed by atoms with Crippen molar-refractivity contribution in [3.05, 3.63) is 60.3 Å². The zero-order valence-electron chi connectivity index (χ0n) is 12.9. The lowest BCUT2D eigenvalue weighted by Crippen LogP contribution is -2.15. The minimum absolute atomic E-state index is 0.0358. The fraction of sp³-hybridized carbons (Fsp3) is 0.111. The van der Waals surface area contributed by atoms with Gasteiger partial charge in [-0.25, -0.2) is 9.59 Å². The van der Waals surface area contributed by atoms with Crippen LogP contribution in [-0.2, 0) is 9.53 Å². The molecule has 24 heavy (non-hydrogen) atoms. The molecule has 1 N–H and O–H groups in total. The Balaban J connectivity index is 2.25. The molecule has 0 saturated carbocycles. The molecule has 0 saturated heterocycles. The molecule has 0 atom stereocenters. The highest BCUT2D eigenvalue weighted by Crippen LogP contribution is 2.35. The number of aromatic nitrogens is 1. The lowest BCUT2D eigenvalue weighted by molar-refractivity contribution is -0.142. The quantitative estimate of drug-likeness (QED) is 0.730. The fourth-order valence-corrected chi connectivity index (χ4v) is 2.58. The summed E-state index contributed by atoms with van der Waals surface area (Å²) < 4.78 is 11.6. The molecule has 0 aliphatic rings. The van der Waals surface area contributed by atoms with Gasteiger partial charge in [-0.1, -0.05) is 30.3 Å². The lowest BCUT2D eigenvalue weighted by atomic mass is 10.2. The van der Waals surface area contributed by atoms with Crippen LogP contribution in [0.3, 0.4) is 0 Å². The molecule has 0 unspecified atom stereocenters. The third-order valence-electron chi connectivity index (χ3n) is 3.61. The SMILES string of the molecule is COC(=O)COc1c(C(=O)O)n(-c2ccccc2)c2ccccc12. The van der Waals surface area contributed by atoms with Crippen molar-refractivity contribution in [2.75, 3.05) is 13.7 Å². The molecular formula is C18H15NO5. The number of rotatable bonds is 5. The summed E-state index contributed by atoms with van der Waals surface area (Å²) in [6.45, 7) is -0.362. The molecule has 2 aromatic carbocycles. The van der Waals surface area contributed by atoms with Crippen molar-refractivity contribution >= 4 is 22.8 Å². The third-order valence-corrected chi connectivity index (χ3v) is 3.61. The van der Waals surface area contributed by atoms with Crippen LogP contribution in [0, 0.1) is 0 Å². The van der Waals surface area contributed by atoms with Crippen molar-refractivity contribution in [2.24, 2.45) is 0 Å². The molecule has 1 heterocycles. The van der Waals surface area contributed by atoms with E-state index in [1.54, 1.807) is 22.8 Å². The maximum Gasteiger partial charge on any atom is 0.356 e. The van der Waals surface area contributed by atoms with Crippen LogP contribution in [-0.4, -0.2) is 35.3 Å². The number of hydrogen-bond donors (Lipinski definition) is 1. The summed E-state index contributed by atoms with van der Waals surface area (Å²) in [7, 11) is 1.25. The number of esters is 1. The van der Waals surface area contributed by atoms with Crippen molar-refractivity contribution in [1.29, 1.82) is 0 Å². The Labute approximate surface area is 137 Å². The van der Waals surface area contributed by atoms with Gasteiger partial charge in [-0.2, -0.15) is 0 Å². The van der Waals surface area contributed by atoms with Gasteiger partial charge in [0.1, 0.15) is 0 Å². The Hall–Kier alpha value is -3.28. The minimum atomic E-state index is -1.14. The molecule has 0 amide bonds. The van der Waals surface area contributed by atoms with Crippen molar-refractivity contribution in [2.45, 2.75) is 0 Å². The number of ether oxygens (including phenoxy) is 2. The van der Waals surface area contributed by atoms with Gasteiger partial charge in [-0.15, -0.1) is 0 Å². The topological polar surface area (TPSA) is 77.8 Å². The predicted molar refractivity (Wildman–Crippen MR) is 87.7 cm³/mol. The molecule has 0 aliphatic carbocycles. The largest absolute Gasteiger partial charge is 0.479 e. The molecule has 6 heteroatoms. The Kier molecular flexibility index (Phi) is 4.20. The van der Waals surface area contributed by atoms with Crippen molar-refractivity contribution in [1.82, 2.24) is 4.57 Å². The number of nitrogens with zero attached hydrogens (tertiary/aromatic N) is 1. The van der Waals surface area contributed by atoms with Crippen LogP contribution in [0.25, 0.3) is 16.6 Å². The number of fused-ring (bicyclic) bond motifs is 1. The van der Waals surface area contributed by atoms with Gasteiger partial charge in [0, 0.05) is 11.1 Å². The lowest BCUT2D eigenvalue weighted by Gasteiger charge is -2.09. The first-order valence-electron chi connectivity index (χ1n) is 7.25. The summed E-state index contributed by atoms with van der Waals surface area (Å²) in [5.41, 5.74) is 1.34. The molecular weight excluding hydrogens is 310 g/mol. The number of benzene rings is 2. The zero-order valence-corrected chi connectivity index (χ0v) is 12.9. The maximum atomic E-state index is 11.9. The van der Waals surface area contributed by atoms with E-state index in [1.165, 1.54) is 7.11 Å².